The van der Waals surface area contributed by atoms with Crippen molar-refractivity contribution in [2.75, 3.05) is 23.3 Å². The molecule has 0 unspecified atom stereocenters. The molecule has 23 heavy (non-hydrogen) atoms. The standard InChI is InChI=1S/C18H24N4O/c1-5-14-8-10-15(11-9-14)21-18(23)16-12-17(20-13(4)19-16)22(6-2)7-3/h8-12H,5-7H2,1-4H3,(H,21,23). The summed E-state index contributed by atoms with van der Waals surface area (Å²) in [4.78, 5) is 23.2. The van der Waals surface area contributed by atoms with Gasteiger partial charge in [-0.3, -0.25) is 4.79 Å². The lowest BCUT2D eigenvalue weighted by Gasteiger charge is -2.20. The van der Waals surface area contributed by atoms with Crippen LogP contribution in [0.3, 0.4) is 0 Å². The number of carbonyl (C=O) groups excluding carboxylic acids is 1. The van der Waals surface area contributed by atoms with E-state index < -0.39 is 0 Å². The quantitative estimate of drug-likeness (QED) is 0.887. The first-order chi connectivity index (χ1) is 11.1. The van der Waals surface area contributed by atoms with Gasteiger partial charge in [0.15, 0.2) is 0 Å². The summed E-state index contributed by atoms with van der Waals surface area (Å²) in [5, 5.41) is 2.89. The van der Waals surface area contributed by atoms with Gasteiger partial charge in [0.1, 0.15) is 17.3 Å². The zero-order valence-electron chi connectivity index (χ0n) is 14.3. The van der Waals surface area contributed by atoms with Crippen molar-refractivity contribution in [1.82, 2.24) is 9.97 Å². The van der Waals surface area contributed by atoms with Crippen LogP contribution in [-0.4, -0.2) is 29.0 Å². The number of hydrogen-bond acceptors (Lipinski definition) is 4. The van der Waals surface area contributed by atoms with Crippen molar-refractivity contribution in [2.45, 2.75) is 34.1 Å². The molecule has 0 saturated heterocycles. The van der Waals surface area contributed by atoms with Gasteiger partial charge < -0.3 is 10.2 Å². The lowest BCUT2D eigenvalue weighted by atomic mass is 10.1. The van der Waals surface area contributed by atoms with E-state index in [2.05, 4.69) is 41.0 Å². The Bertz CT molecular complexity index is 663. The normalized spacial score (nSPS) is 10.4. The van der Waals surface area contributed by atoms with Crippen LogP contribution < -0.4 is 10.2 Å². The van der Waals surface area contributed by atoms with E-state index in [0.29, 0.717) is 11.5 Å². The molecule has 2 aromatic rings. The van der Waals surface area contributed by atoms with E-state index in [-0.39, 0.29) is 5.91 Å². The zero-order chi connectivity index (χ0) is 16.8. The van der Waals surface area contributed by atoms with Gasteiger partial charge in [0.2, 0.25) is 0 Å². The maximum atomic E-state index is 12.5. The average Bonchev–Trinajstić information content (AvgIpc) is 2.56. The lowest BCUT2D eigenvalue weighted by molar-refractivity contribution is 0.102. The molecule has 0 radical (unpaired) electrons. The number of anilines is 2. The summed E-state index contributed by atoms with van der Waals surface area (Å²) in [6.45, 7) is 9.72. The predicted octanol–water partition coefficient (Wildman–Crippen LogP) is 3.45. The molecular weight excluding hydrogens is 288 g/mol. The predicted molar refractivity (Wildman–Crippen MR) is 94.1 cm³/mol. The number of rotatable bonds is 6. The molecule has 0 aliphatic heterocycles. The smallest absolute Gasteiger partial charge is 0.274 e. The van der Waals surface area contributed by atoms with Gasteiger partial charge in [-0.05, 0) is 44.9 Å². The topological polar surface area (TPSA) is 58.1 Å². The number of amides is 1. The molecule has 1 heterocycles. The fourth-order valence-corrected chi connectivity index (χ4v) is 2.40. The van der Waals surface area contributed by atoms with Crippen molar-refractivity contribution in [3.05, 3.63) is 47.4 Å². The fourth-order valence-electron chi connectivity index (χ4n) is 2.40. The van der Waals surface area contributed by atoms with Gasteiger partial charge in [0.05, 0.1) is 0 Å². The molecule has 5 heteroatoms. The molecule has 0 aliphatic carbocycles. The molecule has 0 aliphatic rings. The first kappa shape index (κ1) is 16.9. The van der Waals surface area contributed by atoms with Crippen LogP contribution in [0.2, 0.25) is 0 Å². The first-order valence-corrected chi connectivity index (χ1v) is 8.08. The Hall–Kier alpha value is -2.43. The monoisotopic (exact) mass is 312 g/mol. The molecule has 0 bridgehead atoms. The van der Waals surface area contributed by atoms with E-state index in [4.69, 9.17) is 0 Å². The molecule has 0 spiro atoms. The van der Waals surface area contributed by atoms with E-state index in [1.165, 1.54) is 5.56 Å². The summed E-state index contributed by atoms with van der Waals surface area (Å²) < 4.78 is 0. The maximum absolute atomic E-state index is 12.5. The van der Waals surface area contributed by atoms with Crippen LogP contribution in [-0.2, 0) is 6.42 Å². The van der Waals surface area contributed by atoms with Crippen LogP contribution in [0.5, 0.6) is 0 Å². The van der Waals surface area contributed by atoms with Crippen molar-refractivity contribution in [3.8, 4) is 0 Å². The molecule has 5 nitrogen and oxygen atoms in total. The van der Waals surface area contributed by atoms with Crippen molar-refractivity contribution in [3.63, 3.8) is 0 Å². The van der Waals surface area contributed by atoms with Crippen LogP contribution in [0.15, 0.2) is 30.3 Å². The molecule has 2 rings (SSSR count). The molecule has 122 valence electrons. The molecule has 1 amide bonds. The van der Waals surface area contributed by atoms with E-state index >= 15 is 0 Å². The van der Waals surface area contributed by atoms with Gasteiger partial charge in [-0.25, -0.2) is 9.97 Å². The van der Waals surface area contributed by atoms with E-state index in [9.17, 15) is 4.79 Å². The van der Waals surface area contributed by atoms with Gasteiger partial charge in [-0.1, -0.05) is 19.1 Å². The third-order valence-electron chi connectivity index (χ3n) is 3.76. The minimum Gasteiger partial charge on any atom is -0.357 e. The highest BCUT2D eigenvalue weighted by Gasteiger charge is 2.13. The number of nitrogens with zero attached hydrogens (tertiary/aromatic N) is 3. The molecular formula is C18H24N4O. The third kappa shape index (κ3) is 4.28. The van der Waals surface area contributed by atoms with Crippen LogP contribution in [0.25, 0.3) is 0 Å². The Kier molecular flexibility index (Phi) is 5.68. The van der Waals surface area contributed by atoms with Crippen molar-refractivity contribution in [2.24, 2.45) is 0 Å². The van der Waals surface area contributed by atoms with Gasteiger partial charge in [0, 0.05) is 24.8 Å². The number of aromatic nitrogens is 2. The second kappa shape index (κ2) is 7.72. The number of nitrogens with one attached hydrogen (secondary N) is 1. The molecule has 0 fully saturated rings. The van der Waals surface area contributed by atoms with Gasteiger partial charge in [-0.15, -0.1) is 0 Å². The van der Waals surface area contributed by atoms with Crippen molar-refractivity contribution in [1.29, 1.82) is 0 Å². The van der Waals surface area contributed by atoms with E-state index in [0.717, 1.165) is 31.0 Å². The number of carbonyl (C=O) groups is 1. The SMILES string of the molecule is CCc1ccc(NC(=O)c2cc(N(CC)CC)nc(C)n2)cc1. The average molecular weight is 312 g/mol. The van der Waals surface area contributed by atoms with E-state index in [1.807, 2.05) is 24.3 Å². The second-order valence-electron chi connectivity index (χ2n) is 5.34. The maximum Gasteiger partial charge on any atom is 0.274 e. The summed E-state index contributed by atoms with van der Waals surface area (Å²) in [6.07, 6.45) is 0.979. The molecule has 0 atom stereocenters. The Morgan fingerprint density at radius 2 is 1.74 bits per heavy atom. The largest absolute Gasteiger partial charge is 0.357 e. The summed E-state index contributed by atoms with van der Waals surface area (Å²) in [5.74, 6) is 1.17. The lowest BCUT2D eigenvalue weighted by Crippen LogP contribution is -2.24. The minimum atomic E-state index is -0.215. The molecule has 1 aromatic heterocycles. The Morgan fingerprint density at radius 1 is 1.09 bits per heavy atom. The number of hydrogen-bond donors (Lipinski definition) is 1. The summed E-state index contributed by atoms with van der Waals surface area (Å²) in [7, 11) is 0. The number of benzene rings is 1. The van der Waals surface area contributed by atoms with Crippen LogP contribution in [0.4, 0.5) is 11.5 Å². The Morgan fingerprint density at radius 3 is 2.30 bits per heavy atom. The first-order valence-electron chi connectivity index (χ1n) is 8.08. The Labute approximate surface area is 137 Å². The van der Waals surface area contributed by atoms with Crippen molar-refractivity contribution < 1.29 is 4.79 Å². The summed E-state index contributed by atoms with van der Waals surface area (Å²) in [6, 6.07) is 9.60. The summed E-state index contributed by atoms with van der Waals surface area (Å²) >= 11 is 0. The highest BCUT2D eigenvalue weighted by molar-refractivity contribution is 6.03. The molecule has 0 saturated carbocycles. The fraction of sp³-hybridized carbons (Fsp3) is 0.389. The molecule has 1 aromatic carbocycles. The number of aryl methyl sites for hydroxylation is 2. The van der Waals surface area contributed by atoms with Crippen molar-refractivity contribution >= 4 is 17.4 Å². The highest BCUT2D eigenvalue weighted by Crippen LogP contribution is 2.15. The highest BCUT2D eigenvalue weighted by atomic mass is 16.1. The summed E-state index contributed by atoms with van der Waals surface area (Å²) in [5.41, 5.74) is 2.40. The van der Waals surface area contributed by atoms with Gasteiger partial charge >= 0.3 is 0 Å². The third-order valence-corrected chi connectivity index (χ3v) is 3.76. The van der Waals surface area contributed by atoms with Gasteiger partial charge in [-0.2, -0.15) is 0 Å². The van der Waals surface area contributed by atoms with Gasteiger partial charge in [0.25, 0.3) is 5.91 Å². The Balaban J connectivity index is 2.20. The van der Waals surface area contributed by atoms with Crippen LogP contribution in [0.1, 0.15) is 42.6 Å². The molecule has 1 N–H and O–H groups in total. The van der Waals surface area contributed by atoms with Crippen LogP contribution >= 0.6 is 0 Å². The van der Waals surface area contributed by atoms with E-state index in [1.54, 1.807) is 13.0 Å². The van der Waals surface area contributed by atoms with Crippen LogP contribution in [0, 0.1) is 6.92 Å². The second-order valence-corrected chi connectivity index (χ2v) is 5.34. The minimum absolute atomic E-state index is 0.215. The zero-order valence-corrected chi connectivity index (χ0v) is 14.3.